The van der Waals surface area contributed by atoms with Gasteiger partial charge in [-0.25, -0.2) is 4.79 Å². The Morgan fingerprint density at radius 1 is 1.16 bits per heavy atom. The summed E-state index contributed by atoms with van der Waals surface area (Å²) in [5, 5.41) is 0. The second-order valence-corrected chi connectivity index (χ2v) is 5.45. The SMILES string of the molecule is CCn1c(=O)n(C2CCC(N)CC2)c2ccccc21. The molecule has 102 valence electrons. The minimum Gasteiger partial charge on any atom is -0.328 e. The highest BCUT2D eigenvalue weighted by atomic mass is 16.1. The van der Waals surface area contributed by atoms with Gasteiger partial charge in [0.15, 0.2) is 0 Å². The molecule has 1 aliphatic carbocycles. The van der Waals surface area contributed by atoms with Crippen molar-refractivity contribution in [1.82, 2.24) is 9.13 Å². The first-order valence-corrected chi connectivity index (χ1v) is 7.17. The van der Waals surface area contributed by atoms with Crippen LogP contribution in [0.15, 0.2) is 29.1 Å². The molecule has 0 saturated heterocycles. The van der Waals surface area contributed by atoms with Gasteiger partial charge in [-0.15, -0.1) is 0 Å². The Hall–Kier alpha value is -1.55. The van der Waals surface area contributed by atoms with Crippen molar-refractivity contribution in [3.63, 3.8) is 0 Å². The number of aryl methyl sites for hydroxylation is 1. The Balaban J connectivity index is 2.13. The van der Waals surface area contributed by atoms with E-state index in [1.807, 2.05) is 34.3 Å². The smallest absolute Gasteiger partial charge is 0.328 e. The number of nitrogens with zero attached hydrogens (tertiary/aromatic N) is 2. The lowest BCUT2D eigenvalue weighted by atomic mass is 9.91. The number of nitrogens with two attached hydrogens (primary N) is 1. The fourth-order valence-corrected chi connectivity index (χ4v) is 3.25. The first-order chi connectivity index (χ1) is 9.22. The summed E-state index contributed by atoms with van der Waals surface area (Å²) in [7, 11) is 0. The van der Waals surface area contributed by atoms with Gasteiger partial charge in [0.2, 0.25) is 0 Å². The number of aromatic nitrogens is 2. The summed E-state index contributed by atoms with van der Waals surface area (Å²) in [4.78, 5) is 12.6. The fourth-order valence-electron chi connectivity index (χ4n) is 3.25. The highest BCUT2D eigenvalue weighted by Gasteiger charge is 2.24. The van der Waals surface area contributed by atoms with Crippen molar-refractivity contribution in [2.24, 2.45) is 5.73 Å². The van der Waals surface area contributed by atoms with Crippen LogP contribution in [0.2, 0.25) is 0 Å². The number of rotatable bonds is 2. The summed E-state index contributed by atoms with van der Waals surface area (Å²) in [5.74, 6) is 0. The van der Waals surface area contributed by atoms with E-state index in [-0.39, 0.29) is 5.69 Å². The van der Waals surface area contributed by atoms with Crippen molar-refractivity contribution in [2.75, 3.05) is 0 Å². The lowest BCUT2D eigenvalue weighted by Gasteiger charge is -2.27. The van der Waals surface area contributed by atoms with Gasteiger partial charge in [-0.1, -0.05) is 12.1 Å². The third-order valence-electron chi connectivity index (χ3n) is 4.29. The van der Waals surface area contributed by atoms with Gasteiger partial charge in [0.25, 0.3) is 0 Å². The van der Waals surface area contributed by atoms with E-state index >= 15 is 0 Å². The highest BCUT2D eigenvalue weighted by molar-refractivity contribution is 5.76. The number of fused-ring (bicyclic) bond motifs is 1. The van der Waals surface area contributed by atoms with Crippen LogP contribution in [0.3, 0.4) is 0 Å². The summed E-state index contributed by atoms with van der Waals surface area (Å²) in [6, 6.07) is 8.71. The van der Waals surface area contributed by atoms with E-state index < -0.39 is 0 Å². The topological polar surface area (TPSA) is 53.0 Å². The largest absolute Gasteiger partial charge is 0.329 e. The zero-order valence-corrected chi connectivity index (χ0v) is 11.4. The minimum atomic E-state index is 0.129. The summed E-state index contributed by atoms with van der Waals surface area (Å²) in [6.07, 6.45) is 4.06. The maximum atomic E-state index is 12.6. The lowest BCUT2D eigenvalue weighted by molar-refractivity contribution is 0.321. The number of para-hydroxylation sites is 2. The van der Waals surface area contributed by atoms with Crippen molar-refractivity contribution in [1.29, 1.82) is 0 Å². The van der Waals surface area contributed by atoms with Crippen molar-refractivity contribution in [3.05, 3.63) is 34.7 Å². The van der Waals surface area contributed by atoms with Crippen molar-refractivity contribution < 1.29 is 0 Å². The summed E-state index contributed by atoms with van der Waals surface area (Å²) < 4.78 is 3.86. The third kappa shape index (κ3) is 2.00. The van der Waals surface area contributed by atoms with Gasteiger partial charge in [0.05, 0.1) is 11.0 Å². The monoisotopic (exact) mass is 259 g/mol. The van der Waals surface area contributed by atoms with E-state index in [1.54, 1.807) is 0 Å². The van der Waals surface area contributed by atoms with E-state index in [2.05, 4.69) is 6.07 Å². The molecular weight excluding hydrogens is 238 g/mol. The Morgan fingerprint density at radius 3 is 2.42 bits per heavy atom. The summed E-state index contributed by atoms with van der Waals surface area (Å²) in [5.41, 5.74) is 8.20. The van der Waals surface area contributed by atoms with Gasteiger partial charge in [-0.05, 0) is 44.7 Å². The molecule has 0 amide bonds. The van der Waals surface area contributed by atoms with Gasteiger partial charge in [0.1, 0.15) is 0 Å². The van der Waals surface area contributed by atoms with Gasteiger partial charge in [-0.2, -0.15) is 0 Å². The molecule has 0 aliphatic heterocycles. The summed E-state index contributed by atoms with van der Waals surface area (Å²) >= 11 is 0. The third-order valence-corrected chi connectivity index (χ3v) is 4.29. The van der Waals surface area contributed by atoms with Crippen LogP contribution in [0.25, 0.3) is 11.0 Å². The Labute approximate surface area is 112 Å². The van der Waals surface area contributed by atoms with Gasteiger partial charge in [-0.3, -0.25) is 9.13 Å². The highest BCUT2D eigenvalue weighted by Crippen LogP contribution is 2.29. The van der Waals surface area contributed by atoms with E-state index in [1.165, 1.54) is 0 Å². The second-order valence-electron chi connectivity index (χ2n) is 5.45. The molecule has 4 heteroatoms. The molecule has 0 unspecified atom stereocenters. The molecule has 1 aromatic heterocycles. The molecule has 2 aromatic rings. The van der Waals surface area contributed by atoms with Gasteiger partial charge < -0.3 is 5.73 Å². The molecule has 1 aliphatic rings. The molecular formula is C15H21N3O. The minimum absolute atomic E-state index is 0.129. The number of hydrogen-bond acceptors (Lipinski definition) is 2. The second kappa shape index (κ2) is 4.85. The van der Waals surface area contributed by atoms with Crippen molar-refractivity contribution >= 4 is 11.0 Å². The van der Waals surface area contributed by atoms with Crippen LogP contribution >= 0.6 is 0 Å². The van der Waals surface area contributed by atoms with E-state index in [4.69, 9.17) is 5.73 Å². The van der Waals surface area contributed by atoms with E-state index in [9.17, 15) is 4.79 Å². The maximum Gasteiger partial charge on any atom is 0.329 e. The van der Waals surface area contributed by atoms with Crippen molar-refractivity contribution in [2.45, 2.75) is 51.2 Å². The predicted octanol–water partition coefficient (Wildman–Crippen LogP) is 2.27. The standard InChI is InChI=1S/C15H21N3O/c1-2-17-13-5-3-4-6-14(13)18(15(17)19)12-9-7-11(16)8-10-12/h3-6,11-12H,2,7-10,16H2,1H3. The Morgan fingerprint density at radius 2 is 1.79 bits per heavy atom. The average Bonchev–Trinajstić information content (AvgIpc) is 2.71. The Kier molecular flexibility index (Phi) is 3.19. The molecule has 0 spiro atoms. The molecule has 0 atom stereocenters. The molecule has 0 radical (unpaired) electrons. The maximum absolute atomic E-state index is 12.6. The molecule has 3 rings (SSSR count). The number of benzene rings is 1. The molecule has 4 nitrogen and oxygen atoms in total. The van der Waals surface area contributed by atoms with Crippen LogP contribution < -0.4 is 11.4 Å². The van der Waals surface area contributed by atoms with Crippen LogP contribution in [0.1, 0.15) is 38.6 Å². The van der Waals surface area contributed by atoms with Crippen LogP contribution in [0.5, 0.6) is 0 Å². The first kappa shape index (κ1) is 12.5. The summed E-state index contributed by atoms with van der Waals surface area (Å²) in [6.45, 7) is 2.74. The van der Waals surface area contributed by atoms with Crippen molar-refractivity contribution in [3.8, 4) is 0 Å². The van der Waals surface area contributed by atoms with E-state index in [0.717, 1.165) is 43.3 Å². The lowest BCUT2D eigenvalue weighted by Crippen LogP contribution is -2.33. The van der Waals surface area contributed by atoms with Gasteiger partial charge in [0, 0.05) is 18.6 Å². The quantitative estimate of drug-likeness (QED) is 0.899. The molecule has 0 bridgehead atoms. The van der Waals surface area contributed by atoms with Crippen LogP contribution in [0.4, 0.5) is 0 Å². The zero-order valence-electron chi connectivity index (χ0n) is 11.4. The zero-order chi connectivity index (χ0) is 13.4. The average molecular weight is 259 g/mol. The molecule has 1 saturated carbocycles. The first-order valence-electron chi connectivity index (χ1n) is 7.17. The predicted molar refractivity (Wildman–Crippen MR) is 77.4 cm³/mol. The number of hydrogen-bond donors (Lipinski definition) is 1. The van der Waals surface area contributed by atoms with Crippen LogP contribution in [0, 0.1) is 0 Å². The molecule has 19 heavy (non-hydrogen) atoms. The van der Waals surface area contributed by atoms with Crippen LogP contribution in [-0.4, -0.2) is 15.2 Å². The van der Waals surface area contributed by atoms with E-state index in [0.29, 0.717) is 12.1 Å². The molecule has 2 N–H and O–H groups in total. The molecule has 1 heterocycles. The number of imidazole rings is 1. The normalized spacial score (nSPS) is 23.9. The fraction of sp³-hybridized carbons (Fsp3) is 0.533. The molecule has 1 fully saturated rings. The van der Waals surface area contributed by atoms with Crippen LogP contribution in [-0.2, 0) is 6.54 Å². The molecule has 1 aromatic carbocycles. The Bertz CT molecular complexity index is 632. The van der Waals surface area contributed by atoms with Gasteiger partial charge >= 0.3 is 5.69 Å².